The van der Waals surface area contributed by atoms with Crippen molar-refractivity contribution in [1.29, 1.82) is 0 Å². The minimum Gasteiger partial charge on any atom is -0.301 e. The van der Waals surface area contributed by atoms with Crippen LogP contribution in [0, 0.1) is 5.92 Å². The van der Waals surface area contributed by atoms with Crippen molar-refractivity contribution in [3.63, 3.8) is 0 Å². The minimum absolute atomic E-state index is 0.396. The summed E-state index contributed by atoms with van der Waals surface area (Å²) in [5.74, 6) is 2.16. The van der Waals surface area contributed by atoms with E-state index in [2.05, 4.69) is 63.9 Å². The van der Waals surface area contributed by atoms with E-state index in [4.69, 9.17) is 0 Å². The Bertz CT molecular complexity index is 728. The highest BCUT2D eigenvalue weighted by Crippen LogP contribution is 2.29. The number of fused-ring (bicyclic) bond motifs is 4. The summed E-state index contributed by atoms with van der Waals surface area (Å²) in [6.07, 6.45) is 9.25. The standard InChI is InChI=1S/C24H34N4/c1-19(2)24-25-13-22(14-26-24)17-28-16-21-10-11-23(28)18-27(15-21)12-6-9-20-7-4-3-5-8-20/h3-5,7-8,13-14,19,21,23H,6,9-12,15-18H2,1-2H3/t21-,23+/m1/s1. The highest BCUT2D eigenvalue weighted by atomic mass is 15.3. The number of benzene rings is 1. The summed E-state index contributed by atoms with van der Waals surface area (Å²) in [7, 11) is 0. The first-order chi connectivity index (χ1) is 13.7. The highest BCUT2D eigenvalue weighted by molar-refractivity contribution is 5.14. The van der Waals surface area contributed by atoms with E-state index in [1.807, 2.05) is 12.4 Å². The van der Waals surface area contributed by atoms with Crippen molar-refractivity contribution in [2.45, 2.75) is 58.0 Å². The van der Waals surface area contributed by atoms with Gasteiger partial charge in [-0.05, 0) is 43.7 Å². The van der Waals surface area contributed by atoms with E-state index in [-0.39, 0.29) is 0 Å². The fourth-order valence-electron chi connectivity index (χ4n) is 4.78. The van der Waals surface area contributed by atoms with Crippen LogP contribution in [0.4, 0.5) is 0 Å². The lowest BCUT2D eigenvalue weighted by Crippen LogP contribution is -2.43. The lowest BCUT2D eigenvalue weighted by atomic mass is 9.94. The smallest absolute Gasteiger partial charge is 0.130 e. The largest absolute Gasteiger partial charge is 0.301 e. The van der Waals surface area contributed by atoms with E-state index in [9.17, 15) is 0 Å². The van der Waals surface area contributed by atoms with Gasteiger partial charge in [0.05, 0.1) is 0 Å². The zero-order valence-corrected chi connectivity index (χ0v) is 17.4. The minimum atomic E-state index is 0.396. The molecule has 5 rings (SSSR count). The zero-order valence-electron chi connectivity index (χ0n) is 17.4. The molecule has 0 N–H and O–H groups in total. The molecular weight excluding hydrogens is 344 g/mol. The molecule has 4 nitrogen and oxygen atoms in total. The molecule has 0 amide bonds. The molecule has 1 aromatic heterocycles. The molecular formula is C24H34N4. The zero-order chi connectivity index (χ0) is 19.3. The van der Waals surface area contributed by atoms with Gasteiger partial charge in [0.1, 0.15) is 5.82 Å². The number of rotatable bonds is 7. The molecule has 3 fully saturated rings. The number of hydrogen-bond acceptors (Lipinski definition) is 4. The third-order valence-electron chi connectivity index (χ3n) is 6.31. The van der Waals surface area contributed by atoms with Gasteiger partial charge in [0.25, 0.3) is 0 Å². The summed E-state index contributed by atoms with van der Waals surface area (Å²) in [5.41, 5.74) is 2.72. The molecule has 4 heterocycles. The van der Waals surface area contributed by atoms with Crippen LogP contribution in [0.5, 0.6) is 0 Å². The first-order valence-electron chi connectivity index (χ1n) is 11.0. The van der Waals surface area contributed by atoms with Crippen LogP contribution in [-0.4, -0.2) is 52.0 Å². The van der Waals surface area contributed by atoms with Crippen molar-refractivity contribution in [3.8, 4) is 0 Å². The van der Waals surface area contributed by atoms with Crippen molar-refractivity contribution >= 4 is 0 Å². The maximum absolute atomic E-state index is 4.57. The maximum Gasteiger partial charge on any atom is 0.130 e. The third-order valence-corrected chi connectivity index (χ3v) is 6.31. The Morgan fingerprint density at radius 2 is 1.75 bits per heavy atom. The van der Waals surface area contributed by atoms with Crippen LogP contribution in [-0.2, 0) is 13.0 Å². The fraction of sp³-hybridized carbons (Fsp3) is 0.583. The molecule has 0 radical (unpaired) electrons. The van der Waals surface area contributed by atoms with E-state index < -0.39 is 0 Å². The Balaban J connectivity index is 1.31. The molecule has 3 aliphatic heterocycles. The molecule has 4 heteroatoms. The van der Waals surface area contributed by atoms with Crippen molar-refractivity contribution in [3.05, 3.63) is 59.7 Å². The van der Waals surface area contributed by atoms with Crippen LogP contribution < -0.4 is 0 Å². The van der Waals surface area contributed by atoms with Gasteiger partial charge in [-0.2, -0.15) is 0 Å². The SMILES string of the molecule is CC(C)c1ncc(CN2C[C@@H]3CC[C@H]2CN(CCCc2ccccc2)C3)cn1. The lowest BCUT2D eigenvalue weighted by Gasteiger charge is -2.36. The number of hydrogen-bond donors (Lipinski definition) is 0. The molecule has 0 spiro atoms. The van der Waals surface area contributed by atoms with Crippen molar-refractivity contribution in [1.82, 2.24) is 19.8 Å². The number of nitrogens with zero attached hydrogens (tertiary/aromatic N) is 4. The predicted octanol–water partition coefficient (Wildman–Crippen LogP) is 4.13. The normalized spacial score (nSPS) is 23.2. The van der Waals surface area contributed by atoms with Gasteiger partial charge in [-0.15, -0.1) is 0 Å². The molecule has 150 valence electrons. The first kappa shape index (κ1) is 19.5. The quantitative estimate of drug-likeness (QED) is 0.725. The number of aromatic nitrogens is 2. The number of piperidine rings is 1. The Morgan fingerprint density at radius 3 is 2.50 bits per heavy atom. The predicted molar refractivity (Wildman–Crippen MR) is 114 cm³/mol. The molecule has 0 aliphatic carbocycles. The van der Waals surface area contributed by atoms with Crippen LogP contribution in [0.3, 0.4) is 0 Å². The monoisotopic (exact) mass is 378 g/mol. The lowest BCUT2D eigenvalue weighted by molar-refractivity contribution is 0.123. The summed E-state index contributed by atoms with van der Waals surface area (Å²) < 4.78 is 0. The first-order valence-corrected chi connectivity index (χ1v) is 11.0. The molecule has 2 atom stereocenters. The van der Waals surface area contributed by atoms with E-state index in [1.54, 1.807) is 0 Å². The third kappa shape index (κ3) is 4.98. The van der Waals surface area contributed by atoms with Gasteiger partial charge in [0.2, 0.25) is 0 Å². The van der Waals surface area contributed by atoms with Crippen molar-refractivity contribution < 1.29 is 0 Å². The fourth-order valence-corrected chi connectivity index (χ4v) is 4.78. The topological polar surface area (TPSA) is 32.3 Å². The number of aryl methyl sites for hydroxylation is 1. The van der Waals surface area contributed by atoms with Crippen molar-refractivity contribution in [2.75, 3.05) is 26.2 Å². The van der Waals surface area contributed by atoms with Crippen LogP contribution in [0.2, 0.25) is 0 Å². The molecule has 3 saturated heterocycles. The molecule has 0 saturated carbocycles. The molecule has 0 unspecified atom stereocenters. The van der Waals surface area contributed by atoms with Gasteiger partial charge >= 0.3 is 0 Å². The highest BCUT2D eigenvalue weighted by Gasteiger charge is 2.34. The Hall–Kier alpha value is -1.78. The average Bonchev–Trinajstić information content (AvgIpc) is 3.00. The summed E-state index contributed by atoms with van der Waals surface area (Å²) in [6, 6.07) is 11.6. The van der Waals surface area contributed by atoms with Crippen LogP contribution >= 0.6 is 0 Å². The molecule has 3 aliphatic rings. The Morgan fingerprint density at radius 1 is 0.964 bits per heavy atom. The van der Waals surface area contributed by atoms with Crippen molar-refractivity contribution in [2.24, 2.45) is 5.92 Å². The summed E-state index contributed by atoms with van der Waals surface area (Å²) in [5, 5.41) is 0. The maximum atomic E-state index is 4.57. The van der Waals surface area contributed by atoms with Crippen LogP contribution in [0.25, 0.3) is 0 Å². The second-order valence-electron chi connectivity index (χ2n) is 8.98. The summed E-state index contributed by atoms with van der Waals surface area (Å²) in [6.45, 7) is 10.2. The summed E-state index contributed by atoms with van der Waals surface area (Å²) in [4.78, 5) is 14.5. The van der Waals surface area contributed by atoms with Gasteiger partial charge < -0.3 is 4.90 Å². The second kappa shape index (κ2) is 9.15. The molecule has 2 bridgehead atoms. The Labute approximate surface area is 170 Å². The van der Waals surface area contributed by atoms with Gasteiger partial charge in [-0.3, -0.25) is 4.90 Å². The molecule has 2 aromatic rings. The van der Waals surface area contributed by atoms with Gasteiger partial charge in [0.15, 0.2) is 0 Å². The summed E-state index contributed by atoms with van der Waals surface area (Å²) >= 11 is 0. The van der Waals surface area contributed by atoms with Gasteiger partial charge in [0, 0.05) is 56.1 Å². The van der Waals surface area contributed by atoms with Crippen LogP contribution in [0.1, 0.15) is 56.0 Å². The Kier molecular flexibility index (Phi) is 6.38. The molecule has 28 heavy (non-hydrogen) atoms. The van der Waals surface area contributed by atoms with E-state index in [1.165, 1.54) is 63.0 Å². The van der Waals surface area contributed by atoms with E-state index in [0.29, 0.717) is 12.0 Å². The van der Waals surface area contributed by atoms with E-state index >= 15 is 0 Å². The molecule has 1 aromatic carbocycles. The van der Waals surface area contributed by atoms with Gasteiger partial charge in [-0.25, -0.2) is 9.97 Å². The van der Waals surface area contributed by atoms with E-state index in [0.717, 1.165) is 18.3 Å². The van der Waals surface area contributed by atoms with Crippen LogP contribution in [0.15, 0.2) is 42.7 Å². The van der Waals surface area contributed by atoms with Gasteiger partial charge in [-0.1, -0.05) is 44.2 Å². The average molecular weight is 379 g/mol. The second-order valence-corrected chi connectivity index (χ2v) is 8.98.